The van der Waals surface area contributed by atoms with Crippen molar-refractivity contribution in [3.8, 4) is 11.5 Å². The zero-order valence-corrected chi connectivity index (χ0v) is 17.4. The van der Waals surface area contributed by atoms with Crippen LogP contribution in [0.5, 0.6) is 0 Å². The van der Waals surface area contributed by atoms with E-state index in [2.05, 4.69) is 12.1 Å². The summed E-state index contributed by atoms with van der Waals surface area (Å²) in [4.78, 5) is 18.3. The smallest absolute Gasteiger partial charge is 0.226 e. The van der Waals surface area contributed by atoms with E-state index in [-0.39, 0.29) is 11.7 Å². The maximum Gasteiger partial charge on any atom is 0.226 e. The highest BCUT2D eigenvalue weighted by Gasteiger charge is 2.32. The van der Waals surface area contributed by atoms with Crippen LogP contribution in [0.2, 0.25) is 0 Å². The van der Waals surface area contributed by atoms with E-state index in [1.165, 1.54) is 5.56 Å². The number of oxazole rings is 1. The third kappa shape index (κ3) is 3.75. The molecule has 0 aliphatic heterocycles. The van der Waals surface area contributed by atoms with E-state index in [9.17, 15) is 4.79 Å². The summed E-state index contributed by atoms with van der Waals surface area (Å²) in [6, 6.07) is 30.1. The molecule has 4 aromatic rings. The molecule has 1 aliphatic rings. The number of ketones is 1. The molecule has 1 unspecified atom stereocenters. The monoisotopic (exact) mass is 405 g/mol. The van der Waals surface area contributed by atoms with Gasteiger partial charge < -0.3 is 4.42 Å². The minimum absolute atomic E-state index is 0.132. The van der Waals surface area contributed by atoms with Gasteiger partial charge in [-0.2, -0.15) is 0 Å². The first-order valence-corrected chi connectivity index (χ1v) is 10.6. The van der Waals surface area contributed by atoms with E-state index >= 15 is 0 Å². The van der Waals surface area contributed by atoms with Crippen molar-refractivity contribution < 1.29 is 9.21 Å². The number of aromatic nitrogens is 1. The zero-order chi connectivity index (χ0) is 21.2. The summed E-state index contributed by atoms with van der Waals surface area (Å²) in [5, 5.41) is 0. The molecule has 0 spiro atoms. The molecule has 0 saturated heterocycles. The third-order valence-corrected chi connectivity index (χ3v) is 5.90. The van der Waals surface area contributed by atoms with Crippen LogP contribution in [0.1, 0.15) is 41.3 Å². The van der Waals surface area contributed by atoms with Crippen LogP contribution in [0.15, 0.2) is 95.4 Å². The first kappa shape index (κ1) is 19.3. The molecule has 0 fully saturated rings. The van der Waals surface area contributed by atoms with E-state index in [0.717, 1.165) is 40.1 Å². The number of carbonyl (C=O) groups is 1. The maximum absolute atomic E-state index is 13.4. The van der Waals surface area contributed by atoms with Gasteiger partial charge in [-0.05, 0) is 48.1 Å². The number of allylic oxidation sites excluding steroid dienone is 2. The predicted molar refractivity (Wildman–Crippen MR) is 123 cm³/mol. The second-order valence-corrected chi connectivity index (χ2v) is 7.95. The van der Waals surface area contributed by atoms with Gasteiger partial charge in [-0.15, -0.1) is 0 Å². The molecule has 3 heteroatoms. The van der Waals surface area contributed by atoms with Crippen molar-refractivity contribution >= 4 is 16.9 Å². The number of nitrogens with zero attached hydrogens (tertiary/aromatic N) is 1. The number of hydrogen-bond acceptors (Lipinski definition) is 3. The lowest BCUT2D eigenvalue weighted by Crippen LogP contribution is -2.18. The first-order valence-electron chi connectivity index (χ1n) is 10.6. The van der Waals surface area contributed by atoms with Crippen LogP contribution >= 0.6 is 0 Å². The van der Waals surface area contributed by atoms with Crippen molar-refractivity contribution in [2.24, 2.45) is 0 Å². The SMILES string of the molecule is Cc1oc(-c2ccccc2)nc1C1=C(c2ccccc2)C(=O)CC(c2ccccc2)C1. The lowest BCUT2D eigenvalue weighted by Gasteiger charge is -2.26. The Morgan fingerprint density at radius 3 is 2.00 bits per heavy atom. The van der Waals surface area contributed by atoms with Gasteiger partial charge >= 0.3 is 0 Å². The minimum Gasteiger partial charge on any atom is -0.441 e. The van der Waals surface area contributed by atoms with Crippen LogP contribution in [0.3, 0.4) is 0 Å². The fourth-order valence-electron chi connectivity index (χ4n) is 4.41. The van der Waals surface area contributed by atoms with Gasteiger partial charge in [-0.1, -0.05) is 78.9 Å². The lowest BCUT2D eigenvalue weighted by molar-refractivity contribution is -0.114. The van der Waals surface area contributed by atoms with Gasteiger partial charge in [-0.3, -0.25) is 4.79 Å². The fourth-order valence-corrected chi connectivity index (χ4v) is 4.41. The van der Waals surface area contributed by atoms with Crippen LogP contribution < -0.4 is 0 Å². The van der Waals surface area contributed by atoms with E-state index in [4.69, 9.17) is 9.40 Å². The summed E-state index contributed by atoms with van der Waals surface area (Å²) in [7, 11) is 0. The fraction of sp³-hybridized carbons (Fsp3) is 0.143. The van der Waals surface area contributed by atoms with Gasteiger partial charge in [0.15, 0.2) is 5.78 Å². The van der Waals surface area contributed by atoms with Crippen molar-refractivity contribution in [2.75, 3.05) is 0 Å². The average Bonchev–Trinajstić information content (AvgIpc) is 3.22. The van der Waals surface area contributed by atoms with Crippen LogP contribution in [0, 0.1) is 6.92 Å². The second kappa shape index (κ2) is 8.19. The highest BCUT2D eigenvalue weighted by atomic mass is 16.4. The topological polar surface area (TPSA) is 43.1 Å². The Balaban J connectivity index is 1.66. The van der Waals surface area contributed by atoms with Crippen molar-refractivity contribution in [3.05, 3.63) is 114 Å². The summed E-state index contributed by atoms with van der Waals surface area (Å²) >= 11 is 0. The standard InChI is InChI=1S/C28H23NO2/c1-19-27(29-28(31-19)22-15-9-4-10-16-22)24-17-23(20-11-5-2-6-12-20)18-25(30)26(24)21-13-7-3-8-14-21/h2-16,23H,17-18H2,1H3. The molecule has 0 saturated carbocycles. The number of carbonyl (C=O) groups excluding carboxylic acids is 1. The van der Waals surface area contributed by atoms with Gasteiger partial charge in [0.25, 0.3) is 0 Å². The summed E-state index contributed by atoms with van der Waals surface area (Å²) in [6.45, 7) is 1.93. The van der Waals surface area contributed by atoms with Gasteiger partial charge in [0.05, 0.1) is 0 Å². The van der Waals surface area contributed by atoms with Gasteiger partial charge in [0.1, 0.15) is 11.5 Å². The Kier molecular flexibility index (Phi) is 5.09. The Morgan fingerprint density at radius 1 is 0.774 bits per heavy atom. The van der Waals surface area contributed by atoms with E-state index < -0.39 is 0 Å². The molecule has 0 N–H and O–H groups in total. The molecular weight excluding hydrogens is 382 g/mol. The van der Waals surface area contributed by atoms with Gasteiger partial charge in [0.2, 0.25) is 5.89 Å². The number of benzene rings is 3. The molecule has 0 radical (unpaired) electrons. The number of hydrogen-bond donors (Lipinski definition) is 0. The van der Waals surface area contributed by atoms with Crippen molar-refractivity contribution in [1.82, 2.24) is 4.98 Å². The van der Waals surface area contributed by atoms with Crippen molar-refractivity contribution in [2.45, 2.75) is 25.7 Å². The molecule has 5 rings (SSSR count). The summed E-state index contributed by atoms with van der Waals surface area (Å²) < 4.78 is 6.06. The van der Waals surface area contributed by atoms with Crippen LogP contribution in [0.4, 0.5) is 0 Å². The number of Topliss-reactive ketones (excluding diaryl/α,β-unsaturated/α-hetero) is 1. The van der Waals surface area contributed by atoms with E-state index in [1.54, 1.807) is 0 Å². The molecule has 1 heterocycles. The van der Waals surface area contributed by atoms with Gasteiger partial charge in [0, 0.05) is 17.6 Å². The minimum atomic E-state index is 0.132. The molecule has 1 atom stereocenters. The largest absolute Gasteiger partial charge is 0.441 e. The Labute approximate surface area is 182 Å². The van der Waals surface area contributed by atoms with Gasteiger partial charge in [-0.25, -0.2) is 4.98 Å². The van der Waals surface area contributed by atoms with Crippen molar-refractivity contribution in [1.29, 1.82) is 0 Å². The summed E-state index contributed by atoms with van der Waals surface area (Å²) in [5.41, 5.74) is 5.58. The molecule has 31 heavy (non-hydrogen) atoms. The highest BCUT2D eigenvalue weighted by Crippen LogP contribution is 2.43. The molecule has 152 valence electrons. The molecule has 1 aliphatic carbocycles. The normalized spacial score (nSPS) is 16.5. The first-order chi connectivity index (χ1) is 15.2. The number of rotatable bonds is 4. The third-order valence-electron chi connectivity index (χ3n) is 5.90. The summed E-state index contributed by atoms with van der Waals surface area (Å²) in [6.07, 6.45) is 1.25. The molecule has 0 amide bonds. The summed E-state index contributed by atoms with van der Waals surface area (Å²) in [5.74, 6) is 1.61. The Bertz CT molecular complexity index is 1240. The Hall–Kier alpha value is -3.72. The average molecular weight is 405 g/mol. The van der Waals surface area contributed by atoms with Crippen LogP contribution in [-0.2, 0) is 4.79 Å². The van der Waals surface area contributed by atoms with Crippen LogP contribution in [0.25, 0.3) is 22.6 Å². The molecule has 3 nitrogen and oxygen atoms in total. The predicted octanol–water partition coefficient (Wildman–Crippen LogP) is 6.71. The lowest BCUT2D eigenvalue weighted by atomic mass is 9.76. The van der Waals surface area contributed by atoms with Crippen molar-refractivity contribution in [3.63, 3.8) is 0 Å². The van der Waals surface area contributed by atoms with E-state index in [0.29, 0.717) is 12.3 Å². The molecule has 3 aromatic carbocycles. The highest BCUT2D eigenvalue weighted by molar-refractivity contribution is 6.29. The molecular formula is C28H23NO2. The quantitative estimate of drug-likeness (QED) is 0.379. The van der Waals surface area contributed by atoms with Crippen LogP contribution in [-0.4, -0.2) is 10.8 Å². The Morgan fingerprint density at radius 2 is 1.35 bits per heavy atom. The second-order valence-electron chi connectivity index (χ2n) is 7.95. The molecule has 0 bridgehead atoms. The van der Waals surface area contributed by atoms with E-state index in [1.807, 2.05) is 85.8 Å². The number of aryl methyl sites for hydroxylation is 1. The zero-order valence-electron chi connectivity index (χ0n) is 17.4. The maximum atomic E-state index is 13.4. The molecule has 1 aromatic heterocycles.